The van der Waals surface area contributed by atoms with E-state index in [0.717, 1.165) is 6.20 Å². The maximum atomic E-state index is 13.9. The van der Waals surface area contributed by atoms with Gasteiger partial charge in [0, 0.05) is 12.3 Å². The van der Waals surface area contributed by atoms with E-state index >= 15 is 0 Å². The Labute approximate surface area is 106 Å². The van der Waals surface area contributed by atoms with Crippen LogP contribution in [0.4, 0.5) is 13.6 Å². The molecule has 6 N–H and O–H groups in total. The van der Waals surface area contributed by atoms with Gasteiger partial charge in [-0.05, 0) is 0 Å². The van der Waals surface area contributed by atoms with Gasteiger partial charge in [-0.25, -0.2) is 9.18 Å². The van der Waals surface area contributed by atoms with Crippen LogP contribution in [0.5, 0.6) is 0 Å². The molecule has 1 unspecified atom stereocenters. The van der Waals surface area contributed by atoms with E-state index in [0.29, 0.717) is 11.0 Å². The number of ether oxygens (including phenoxy) is 1. The predicted octanol–water partition coefficient (Wildman–Crippen LogP) is -2.16. The van der Waals surface area contributed by atoms with E-state index in [1.54, 1.807) is 5.32 Å². The molecule has 2 amide bonds. The Bertz CT molecular complexity index is 417. The van der Waals surface area contributed by atoms with E-state index in [9.17, 15) is 23.8 Å². The second-order valence-corrected chi connectivity index (χ2v) is 4.30. The Kier molecular flexibility index (Phi) is 3.23. The number of nitrogens with one attached hydrogen (secondary N) is 1. The fourth-order valence-corrected chi connectivity index (χ4v) is 1.86. The highest BCUT2D eigenvalue weighted by Gasteiger charge is 2.59. The number of hydrogen-bond acceptors (Lipinski definition) is 6. The van der Waals surface area contributed by atoms with Crippen LogP contribution in [0.1, 0.15) is 0 Å². The summed E-state index contributed by atoms with van der Waals surface area (Å²) in [5, 5.41) is 29.4. The molecule has 2 heterocycles. The van der Waals surface area contributed by atoms with Crippen LogP contribution in [0.15, 0.2) is 12.3 Å². The SMILES string of the molecule is NC1(F)C=CN([C@@H]2O[C@H](CO)[C@@H](O)[C@]2(O)F)C(=O)N1. The second kappa shape index (κ2) is 4.35. The third kappa shape index (κ3) is 2.28. The molecule has 0 saturated carbocycles. The summed E-state index contributed by atoms with van der Waals surface area (Å²) in [7, 11) is 0. The van der Waals surface area contributed by atoms with Crippen molar-refractivity contribution < 1.29 is 33.6 Å². The predicted molar refractivity (Wildman–Crippen MR) is 55.3 cm³/mol. The largest absolute Gasteiger partial charge is 0.394 e. The molecule has 5 atom stereocenters. The summed E-state index contributed by atoms with van der Waals surface area (Å²) in [6.45, 7) is -0.771. The van der Waals surface area contributed by atoms with E-state index in [2.05, 4.69) is 0 Å². The normalized spacial score (nSPS) is 46.5. The lowest BCUT2D eigenvalue weighted by Crippen LogP contribution is -2.62. The van der Waals surface area contributed by atoms with Crippen LogP contribution in [0.3, 0.4) is 0 Å². The van der Waals surface area contributed by atoms with Gasteiger partial charge in [0.15, 0.2) is 6.23 Å². The van der Waals surface area contributed by atoms with Crippen molar-refractivity contribution in [3.63, 3.8) is 0 Å². The van der Waals surface area contributed by atoms with Crippen molar-refractivity contribution in [1.82, 2.24) is 10.2 Å². The third-order valence-electron chi connectivity index (χ3n) is 2.86. The first kappa shape index (κ1) is 14.1. The molecule has 0 aromatic heterocycles. The standard InChI is InChI=1S/C9H13F2N3O5/c10-8(12)1-2-14(7(17)13-8)6-9(11,18)5(16)4(3-15)19-6/h1-2,4-6,15-16,18H,3,12H2,(H,13,17)/t4-,5-,6-,8?,9-/m1/s1. The molecule has 2 aliphatic heterocycles. The summed E-state index contributed by atoms with van der Waals surface area (Å²) in [5.41, 5.74) is 4.98. The fraction of sp³-hybridized carbons (Fsp3) is 0.667. The van der Waals surface area contributed by atoms with Gasteiger partial charge in [-0.15, -0.1) is 0 Å². The van der Waals surface area contributed by atoms with Crippen LogP contribution in [-0.4, -0.2) is 63.1 Å². The average molecular weight is 281 g/mol. The van der Waals surface area contributed by atoms with E-state index < -0.39 is 42.8 Å². The summed E-state index contributed by atoms with van der Waals surface area (Å²) in [6.07, 6.45) is -3.94. The van der Waals surface area contributed by atoms with Crippen molar-refractivity contribution in [2.24, 2.45) is 5.73 Å². The maximum absolute atomic E-state index is 13.9. The maximum Gasteiger partial charge on any atom is 0.327 e. The van der Waals surface area contributed by atoms with Crippen LogP contribution in [0.25, 0.3) is 0 Å². The number of carbonyl (C=O) groups is 1. The number of nitrogens with zero attached hydrogens (tertiary/aromatic N) is 1. The highest BCUT2D eigenvalue weighted by Crippen LogP contribution is 2.35. The molecule has 10 heteroatoms. The Balaban J connectivity index is 2.25. The lowest BCUT2D eigenvalue weighted by molar-refractivity contribution is -0.199. The Morgan fingerprint density at radius 1 is 1.58 bits per heavy atom. The Morgan fingerprint density at radius 2 is 2.21 bits per heavy atom. The number of hydrogen-bond donors (Lipinski definition) is 5. The van der Waals surface area contributed by atoms with Crippen LogP contribution in [-0.2, 0) is 4.74 Å². The quantitative estimate of drug-likeness (QED) is 0.367. The number of amides is 2. The van der Waals surface area contributed by atoms with Gasteiger partial charge in [-0.3, -0.25) is 16.0 Å². The van der Waals surface area contributed by atoms with Gasteiger partial charge in [0.25, 0.3) is 11.8 Å². The Hall–Kier alpha value is -1.33. The summed E-state index contributed by atoms with van der Waals surface area (Å²) in [5.74, 6) is -5.92. The number of urea groups is 1. The molecular weight excluding hydrogens is 268 g/mol. The fourth-order valence-electron chi connectivity index (χ4n) is 1.86. The van der Waals surface area contributed by atoms with Crippen LogP contribution in [0, 0.1) is 0 Å². The van der Waals surface area contributed by atoms with Crippen molar-refractivity contribution in [1.29, 1.82) is 0 Å². The second-order valence-electron chi connectivity index (χ2n) is 4.30. The minimum atomic E-state index is -3.32. The van der Waals surface area contributed by atoms with E-state index in [4.69, 9.17) is 15.6 Å². The molecule has 1 fully saturated rings. The smallest absolute Gasteiger partial charge is 0.327 e. The molecule has 2 rings (SSSR count). The van der Waals surface area contributed by atoms with Crippen molar-refractivity contribution in [3.05, 3.63) is 12.3 Å². The summed E-state index contributed by atoms with van der Waals surface area (Å²) >= 11 is 0. The number of halogens is 2. The zero-order chi connectivity index (χ0) is 14.4. The molecule has 0 radical (unpaired) electrons. The van der Waals surface area contributed by atoms with Gasteiger partial charge in [0.2, 0.25) is 0 Å². The minimum absolute atomic E-state index is 0.490. The molecule has 108 valence electrons. The molecule has 0 aliphatic carbocycles. The van der Waals surface area contributed by atoms with Gasteiger partial charge in [0.05, 0.1) is 6.61 Å². The minimum Gasteiger partial charge on any atom is -0.394 e. The molecule has 1 saturated heterocycles. The van der Waals surface area contributed by atoms with Crippen molar-refractivity contribution in [2.75, 3.05) is 6.61 Å². The summed E-state index contributed by atoms with van der Waals surface area (Å²) in [4.78, 5) is 12.0. The zero-order valence-corrected chi connectivity index (χ0v) is 9.53. The van der Waals surface area contributed by atoms with Gasteiger partial charge in [-0.2, -0.15) is 4.39 Å². The molecule has 8 nitrogen and oxygen atoms in total. The molecule has 0 bridgehead atoms. The highest BCUT2D eigenvalue weighted by molar-refractivity contribution is 5.77. The van der Waals surface area contributed by atoms with Gasteiger partial charge >= 0.3 is 6.03 Å². The van der Waals surface area contributed by atoms with Crippen molar-refractivity contribution in [3.8, 4) is 0 Å². The first-order valence-corrected chi connectivity index (χ1v) is 5.32. The number of carbonyl (C=O) groups excluding carboxylic acids is 1. The number of rotatable bonds is 2. The van der Waals surface area contributed by atoms with Crippen molar-refractivity contribution >= 4 is 6.03 Å². The third-order valence-corrected chi connectivity index (χ3v) is 2.86. The lowest BCUT2D eigenvalue weighted by Gasteiger charge is -2.35. The first-order chi connectivity index (χ1) is 8.69. The molecule has 19 heavy (non-hydrogen) atoms. The van der Waals surface area contributed by atoms with Crippen LogP contribution in [0.2, 0.25) is 0 Å². The summed E-state index contributed by atoms with van der Waals surface area (Å²) < 4.78 is 32.0. The zero-order valence-electron chi connectivity index (χ0n) is 9.53. The molecule has 0 spiro atoms. The summed E-state index contributed by atoms with van der Waals surface area (Å²) in [6, 6.07) is -1.17. The first-order valence-electron chi connectivity index (χ1n) is 5.32. The number of alkyl halides is 2. The Morgan fingerprint density at radius 3 is 2.68 bits per heavy atom. The molecule has 0 aromatic rings. The van der Waals surface area contributed by atoms with E-state index in [1.807, 2.05) is 0 Å². The van der Waals surface area contributed by atoms with E-state index in [-0.39, 0.29) is 0 Å². The molecule has 2 aliphatic rings. The monoisotopic (exact) mass is 281 g/mol. The van der Waals surface area contributed by atoms with Gasteiger partial charge in [-0.1, -0.05) is 0 Å². The molecular formula is C9H13F2N3O5. The number of aliphatic hydroxyl groups is 3. The topological polar surface area (TPSA) is 128 Å². The highest BCUT2D eigenvalue weighted by atomic mass is 19.2. The lowest BCUT2D eigenvalue weighted by atomic mass is 10.1. The van der Waals surface area contributed by atoms with E-state index in [1.165, 1.54) is 0 Å². The van der Waals surface area contributed by atoms with Gasteiger partial charge in [0.1, 0.15) is 12.2 Å². The number of aliphatic hydroxyl groups excluding tert-OH is 2. The average Bonchev–Trinajstić information content (AvgIpc) is 2.51. The van der Waals surface area contributed by atoms with Crippen LogP contribution >= 0.6 is 0 Å². The number of nitrogens with two attached hydrogens (primary N) is 1. The van der Waals surface area contributed by atoms with Gasteiger partial charge < -0.3 is 20.1 Å². The molecule has 0 aromatic carbocycles. The van der Waals surface area contributed by atoms with Crippen LogP contribution < -0.4 is 11.1 Å². The van der Waals surface area contributed by atoms with Crippen molar-refractivity contribution in [2.45, 2.75) is 30.2 Å².